The number of benzene rings is 2. The Morgan fingerprint density at radius 2 is 1.96 bits per heavy atom. The summed E-state index contributed by atoms with van der Waals surface area (Å²) in [6.07, 6.45) is 0. The third-order valence-electron chi connectivity index (χ3n) is 3.14. The number of carbonyl (C=O) groups excluding carboxylic acids is 1. The molecule has 2 aromatic rings. The molecule has 0 bridgehead atoms. The Balaban J connectivity index is 2.05. The van der Waals surface area contributed by atoms with Gasteiger partial charge in [0.15, 0.2) is 18.1 Å². The summed E-state index contributed by atoms with van der Waals surface area (Å²) < 4.78 is 10.4. The molecule has 0 saturated heterocycles. The third-order valence-corrected chi connectivity index (χ3v) is 3.14. The summed E-state index contributed by atoms with van der Waals surface area (Å²) in [5.41, 5.74) is 1.47. The standard InChI is InChI=1S/C16H16N2O5/c1-11-5-3-4-6-13(11)17-16(19)10-23-15-9-12(18(20)21)7-8-14(15)22-2/h3-9H,10H2,1-2H3,(H,17,19). The molecule has 23 heavy (non-hydrogen) atoms. The molecule has 0 aliphatic rings. The van der Waals surface area contributed by atoms with Crippen molar-refractivity contribution in [3.05, 3.63) is 58.1 Å². The van der Waals surface area contributed by atoms with Crippen LogP contribution >= 0.6 is 0 Å². The second-order valence-electron chi connectivity index (χ2n) is 4.74. The summed E-state index contributed by atoms with van der Waals surface area (Å²) in [6, 6.07) is 11.3. The molecule has 0 atom stereocenters. The van der Waals surface area contributed by atoms with Crippen LogP contribution in [0.15, 0.2) is 42.5 Å². The minimum atomic E-state index is -0.542. The summed E-state index contributed by atoms with van der Waals surface area (Å²) in [5, 5.41) is 13.5. The van der Waals surface area contributed by atoms with Crippen molar-refractivity contribution >= 4 is 17.3 Å². The van der Waals surface area contributed by atoms with Gasteiger partial charge in [-0.2, -0.15) is 0 Å². The summed E-state index contributed by atoms with van der Waals surface area (Å²) in [6.45, 7) is 1.59. The Bertz CT molecular complexity index is 730. The zero-order chi connectivity index (χ0) is 16.8. The fourth-order valence-electron chi connectivity index (χ4n) is 1.93. The van der Waals surface area contributed by atoms with Crippen LogP contribution in [-0.4, -0.2) is 24.5 Å². The minimum absolute atomic E-state index is 0.139. The number of nitro benzene ring substituents is 1. The molecule has 120 valence electrons. The number of anilines is 1. The Kier molecular flexibility index (Phi) is 5.14. The lowest BCUT2D eigenvalue weighted by molar-refractivity contribution is -0.385. The molecular weight excluding hydrogens is 300 g/mol. The second kappa shape index (κ2) is 7.26. The van der Waals surface area contributed by atoms with Crippen molar-refractivity contribution in [3.63, 3.8) is 0 Å². The molecule has 0 heterocycles. The Labute approximate surface area is 133 Å². The van der Waals surface area contributed by atoms with Gasteiger partial charge in [-0.1, -0.05) is 18.2 Å². The number of nitro groups is 1. The van der Waals surface area contributed by atoms with E-state index < -0.39 is 4.92 Å². The summed E-state index contributed by atoms with van der Waals surface area (Å²) in [7, 11) is 1.42. The van der Waals surface area contributed by atoms with Crippen LogP contribution < -0.4 is 14.8 Å². The molecule has 7 nitrogen and oxygen atoms in total. The second-order valence-corrected chi connectivity index (χ2v) is 4.74. The first kappa shape index (κ1) is 16.3. The first-order valence-electron chi connectivity index (χ1n) is 6.82. The average molecular weight is 316 g/mol. The van der Waals surface area contributed by atoms with Crippen LogP contribution in [0.5, 0.6) is 11.5 Å². The van der Waals surface area contributed by atoms with E-state index in [4.69, 9.17) is 9.47 Å². The number of carbonyl (C=O) groups is 1. The number of nitrogens with zero attached hydrogens (tertiary/aromatic N) is 1. The predicted molar refractivity (Wildman–Crippen MR) is 85.0 cm³/mol. The molecule has 0 spiro atoms. The van der Waals surface area contributed by atoms with Crippen LogP contribution in [0.4, 0.5) is 11.4 Å². The van der Waals surface area contributed by atoms with Crippen molar-refractivity contribution in [1.82, 2.24) is 0 Å². The highest BCUT2D eigenvalue weighted by molar-refractivity contribution is 5.92. The van der Waals surface area contributed by atoms with Gasteiger partial charge in [0, 0.05) is 11.8 Å². The molecule has 0 radical (unpaired) electrons. The van der Waals surface area contributed by atoms with Crippen molar-refractivity contribution in [3.8, 4) is 11.5 Å². The van der Waals surface area contributed by atoms with Crippen molar-refractivity contribution in [2.45, 2.75) is 6.92 Å². The van der Waals surface area contributed by atoms with Gasteiger partial charge in [-0.25, -0.2) is 0 Å². The van der Waals surface area contributed by atoms with E-state index in [-0.39, 0.29) is 24.0 Å². The van der Waals surface area contributed by atoms with E-state index in [2.05, 4.69) is 5.32 Å². The summed E-state index contributed by atoms with van der Waals surface area (Å²) >= 11 is 0. The van der Waals surface area contributed by atoms with E-state index in [0.29, 0.717) is 11.4 Å². The van der Waals surface area contributed by atoms with E-state index in [9.17, 15) is 14.9 Å². The van der Waals surface area contributed by atoms with Crippen LogP contribution in [0.1, 0.15) is 5.56 Å². The molecule has 0 aliphatic heterocycles. The number of amides is 1. The molecule has 2 aromatic carbocycles. The molecule has 1 N–H and O–H groups in total. The molecule has 7 heteroatoms. The number of ether oxygens (including phenoxy) is 2. The van der Waals surface area contributed by atoms with Gasteiger partial charge in [-0.15, -0.1) is 0 Å². The smallest absolute Gasteiger partial charge is 0.273 e. The number of methoxy groups -OCH3 is 1. The van der Waals surface area contributed by atoms with Gasteiger partial charge >= 0.3 is 0 Å². The quantitative estimate of drug-likeness (QED) is 0.653. The maximum absolute atomic E-state index is 11.9. The number of hydrogen-bond acceptors (Lipinski definition) is 5. The van der Waals surface area contributed by atoms with Crippen molar-refractivity contribution in [2.24, 2.45) is 0 Å². The Morgan fingerprint density at radius 1 is 1.22 bits per heavy atom. The number of nitrogens with one attached hydrogen (secondary N) is 1. The van der Waals surface area contributed by atoms with Crippen molar-refractivity contribution in [1.29, 1.82) is 0 Å². The van der Waals surface area contributed by atoms with E-state index in [0.717, 1.165) is 5.56 Å². The zero-order valence-electron chi connectivity index (χ0n) is 12.7. The van der Waals surface area contributed by atoms with Crippen LogP contribution in [0.2, 0.25) is 0 Å². The lowest BCUT2D eigenvalue weighted by atomic mass is 10.2. The van der Waals surface area contributed by atoms with E-state index in [1.807, 2.05) is 25.1 Å². The lowest BCUT2D eigenvalue weighted by Crippen LogP contribution is -2.20. The maximum Gasteiger partial charge on any atom is 0.273 e. The number of rotatable bonds is 6. The molecule has 0 aromatic heterocycles. The highest BCUT2D eigenvalue weighted by atomic mass is 16.6. The number of para-hydroxylation sites is 1. The SMILES string of the molecule is COc1ccc([N+](=O)[O-])cc1OCC(=O)Nc1ccccc1C. The number of aryl methyl sites for hydroxylation is 1. The lowest BCUT2D eigenvalue weighted by Gasteiger charge is -2.11. The van der Waals surface area contributed by atoms with Gasteiger partial charge in [-0.3, -0.25) is 14.9 Å². The summed E-state index contributed by atoms with van der Waals surface area (Å²) in [4.78, 5) is 22.2. The van der Waals surface area contributed by atoms with Crippen molar-refractivity contribution < 1.29 is 19.2 Å². The Morgan fingerprint density at radius 3 is 2.61 bits per heavy atom. The third kappa shape index (κ3) is 4.19. The topological polar surface area (TPSA) is 90.7 Å². The van der Waals surface area contributed by atoms with Gasteiger partial charge in [0.1, 0.15) is 0 Å². The number of non-ortho nitro benzene ring substituents is 1. The average Bonchev–Trinajstić information content (AvgIpc) is 2.54. The molecule has 2 rings (SSSR count). The summed E-state index contributed by atoms with van der Waals surface area (Å²) in [5.74, 6) is 0.0915. The van der Waals surface area contributed by atoms with Crippen LogP contribution in [0, 0.1) is 17.0 Å². The Hall–Kier alpha value is -3.09. The maximum atomic E-state index is 11.9. The minimum Gasteiger partial charge on any atom is -0.493 e. The molecule has 0 fully saturated rings. The molecule has 0 saturated carbocycles. The first-order valence-corrected chi connectivity index (χ1v) is 6.82. The first-order chi connectivity index (χ1) is 11.0. The highest BCUT2D eigenvalue weighted by Gasteiger charge is 2.14. The molecule has 0 unspecified atom stereocenters. The zero-order valence-corrected chi connectivity index (χ0v) is 12.7. The van der Waals surface area contributed by atoms with Gasteiger partial charge in [-0.05, 0) is 24.6 Å². The molecular formula is C16H16N2O5. The highest BCUT2D eigenvalue weighted by Crippen LogP contribution is 2.31. The largest absolute Gasteiger partial charge is 0.493 e. The van der Waals surface area contributed by atoms with Crippen LogP contribution in [-0.2, 0) is 4.79 Å². The van der Waals surface area contributed by atoms with Gasteiger partial charge < -0.3 is 14.8 Å². The monoisotopic (exact) mass is 316 g/mol. The molecule has 1 amide bonds. The van der Waals surface area contributed by atoms with Crippen molar-refractivity contribution in [2.75, 3.05) is 19.0 Å². The van der Waals surface area contributed by atoms with E-state index in [1.54, 1.807) is 6.07 Å². The van der Waals surface area contributed by atoms with Gasteiger partial charge in [0.25, 0.3) is 11.6 Å². The van der Waals surface area contributed by atoms with Gasteiger partial charge in [0.2, 0.25) is 0 Å². The van der Waals surface area contributed by atoms with Gasteiger partial charge in [0.05, 0.1) is 18.1 Å². The van der Waals surface area contributed by atoms with Crippen LogP contribution in [0.25, 0.3) is 0 Å². The number of hydrogen-bond donors (Lipinski definition) is 1. The van der Waals surface area contributed by atoms with Crippen LogP contribution in [0.3, 0.4) is 0 Å². The molecule has 0 aliphatic carbocycles. The van der Waals surface area contributed by atoms with E-state index in [1.165, 1.54) is 25.3 Å². The predicted octanol–water partition coefficient (Wildman–Crippen LogP) is 2.93. The normalized spacial score (nSPS) is 10.0. The fraction of sp³-hybridized carbons (Fsp3) is 0.188. The van der Waals surface area contributed by atoms with E-state index >= 15 is 0 Å². The fourth-order valence-corrected chi connectivity index (χ4v) is 1.93.